The number of methoxy groups -OCH3 is 1. The summed E-state index contributed by atoms with van der Waals surface area (Å²) < 4.78 is 12.3. The van der Waals surface area contributed by atoms with Crippen molar-refractivity contribution in [2.24, 2.45) is 5.92 Å². The number of aromatic nitrogens is 1. The normalized spacial score (nSPS) is 23.7. The Kier molecular flexibility index (Phi) is 8.83. The Balaban J connectivity index is 1.25. The fourth-order valence-corrected chi connectivity index (χ4v) is 6.44. The van der Waals surface area contributed by atoms with Crippen LogP contribution in [0, 0.1) is 5.92 Å². The highest BCUT2D eigenvalue weighted by atomic mass is 32.1. The molecule has 1 saturated heterocycles. The number of aliphatic hydroxyl groups is 1. The van der Waals surface area contributed by atoms with Crippen LogP contribution in [0.1, 0.15) is 76.1 Å². The Hall–Kier alpha value is -1.70. The molecule has 1 saturated carbocycles. The van der Waals surface area contributed by atoms with Gasteiger partial charge in [-0.05, 0) is 69.9 Å². The van der Waals surface area contributed by atoms with Crippen molar-refractivity contribution in [3.05, 3.63) is 17.1 Å². The number of thiazole rings is 1. The molecule has 2 atom stereocenters. The highest BCUT2D eigenvalue weighted by Gasteiger charge is 2.26. The number of fused-ring (bicyclic) bond motifs is 1. The number of unbranched alkanes of at least 4 members (excludes halogenated alkanes) is 1. The number of rotatable bonds is 10. The molecule has 0 radical (unpaired) electrons. The first-order valence-corrected chi connectivity index (χ1v) is 13.8. The molecule has 4 rings (SSSR count). The summed E-state index contributed by atoms with van der Waals surface area (Å²) in [7, 11) is 1.70. The van der Waals surface area contributed by atoms with Gasteiger partial charge in [-0.15, -0.1) is 11.3 Å². The lowest BCUT2D eigenvalue weighted by molar-refractivity contribution is -0.119. The van der Waals surface area contributed by atoms with Gasteiger partial charge >= 0.3 is 0 Å². The van der Waals surface area contributed by atoms with E-state index in [4.69, 9.17) is 14.5 Å². The number of carbonyl (C=O) groups excluding carboxylic acids is 1. The molecular formula is C27H40N2O4S. The Morgan fingerprint density at radius 2 is 2.06 bits per heavy atom. The summed E-state index contributed by atoms with van der Waals surface area (Å²) in [6.07, 6.45) is 10.2. The third kappa shape index (κ3) is 6.70. The van der Waals surface area contributed by atoms with E-state index in [2.05, 4.69) is 11.0 Å². The van der Waals surface area contributed by atoms with Crippen molar-refractivity contribution in [3.63, 3.8) is 0 Å². The van der Waals surface area contributed by atoms with E-state index in [1.165, 1.54) is 10.4 Å². The first-order valence-electron chi connectivity index (χ1n) is 13.0. The summed E-state index contributed by atoms with van der Waals surface area (Å²) in [5, 5.41) is 11.4. The van der Waals surface area contributed by atoms with Crippen LogP contribution in [-0.4, -0.2) is 54.9 Å². The summed E-state index contributed by atoms with van der Waals surface area (Å²) in [5.41, 5.74) is 1.66. The molecular weight excluding hydrogens is 448 g/mol. The maximum Gasteiger partial charge on any atom is 0.146 e. The number of Topliss-reactive ketones (excluding diaryl/α,β-unsaturated/α-hetero) is 1. The van der Waals surface area contributed by atoms with Crippen molar-refractivity contribution >= 4 is 33.0 Å². The molecule has 2 unspecified atom stereocenters. The highest BCUT2D eigenvalue weighted by molar-refractivity contribution is 7.19. The summed E-state index contributed by atoms with van der Waals surface area (Å²) in [6, 6.07) is 4.16. The Bertz CT molecular complexity index is 951. The van der Waals surface area contributed by atoms with Crippen LogP contribution in [0.25, 0.3) is 10.2 Å². The van der Waals surface area contributed by atoms with Gasteiger partial charge in [0, 0.05) is 25.9 Å². The zero-order valence-corrected chi connectivity index (χ0v) is 21.6. The van der Waals surface area contributed by atoms with Crippen LogP contribution in [0.5, 0.6) is 5.75 Å². The minimum absolute atomic E-state index is 0.386. The minimum atomic E-state index is -0.508. The largest absolute Gasteiger partial charge is 0.494 e. The standard InChI is InChI=1S/C27H40N2O4S/c1-27(31)14-5-6-20(13-15-27)9-10-21(30)7-3-4-8-24-28-25-23(32-2)12-11-22(26(25)34-24)29-16-18-33-19-17-29/h11-12,20,31H,3-10,13-19H2,1-2H3. The van der Waals surface area contributed by atoms with E-state index in [-0.39, 0.29) is 0 Å². The van der Waals surface area contributed by atoms with Gasteiger partial charge in [0.15, 0.2) is 0 Å². The Morgan fingerprint density at radius 1 is 1.24 bits per heavy atom. The molecule has 2 fully saturated rings. The van der Waals surface area contributed by atoms with Crippen molar-refractivity contribution in [2.75, 3.05) is 38.3 Å². The molecule has 34 heavy (non-hydrogen) atoms. The van der Waals surface area contributed by atoms with E-state index in [0.717, 1.165) is 100 Å². The van der Waals surface area contributed by atoms with E-state index in [1.807, 2.05) is 13.0 Å². The lowest BCUT2D eigenvalue weighted by Gasteiger charge is -2.29. The van der Waals surface area contributed by atoms with E-state index in [9.17, 15) is 9.90 Å². The van der Waals surface area contributed by atoms with Gasteiger partial charge in [-0.25, -0.2) is 4.98 Å². The highest BCUT2D eigenvalue weighted by Crippen LogP contribution is 2.38. The number of aryl methyl sites for hydroxylation is 1. The van der Waals surface area contributed by atoms with Gasteiger partial charge in [0.1, 0.15) is 17.0 Å². The quantitative estimate of drug-likeness (QED) is 0.350. The van der Waals surface area contributed by atoms with Crippen LogP contribution in [0.4, 0.5) is 5.69 Å². The van der Waals surface area contributed by atoms with E-state index < -0.39 is 5.60 Å². The van der Waals surface area contributed by atoms with Crippen molar-refractivity contribution in [1.29, 1.82) is 0 Å². The molecule has 1 aromatic heterocycles. The maximum atomic E-state index is 12.5. The molecule has 1 aliphatic carbocycles. The second-order valence-electron chi connectivity index (χ2n) is 10.3. The molecule has 1 aliphatic heterocycles. The average molecular weight is 489 g/mol. The Labute approximate surface area is 207 Å². The summed E-state index contributed by atoms with van der Waals surface area (Å²) in [4.78, 5) is 19.7. The molecule has 2 heterocycles. The smallest absolute Gasteiger partial charge is 0.146 e. The Morgan fingerprint density at radius 3 is 2.85 bits per heavy atom. The van der Waals surface area contributed by atoms with Gasteiger partial charge in [0.25, 0.3) is 0 Å². The molecule has 6 nitrogen and oxygen atoms in total. The topological polar surface area (TPSA) is 71.9 Å². The summed E-state index contributed by atoms with van der Waals surface area (Å²) in [6.45, 7) is 5.27. The zero-order valence-electron chi connectivity index (χ0n) is 20.8. The van der Waals surface area contributed by atoms with E-state index in [1.54, 1.807) is 18.4 Å². The lowest BCUT2D eigenvalue weighted by Crippen LogP contribution is -2.36. The number of nitrogens with zero attached hydrogens (tertiary/aromatic N) is 2. The van der Waals surface area contributed by atoms with Gasteiger partial charge in [0.05, 0.1) is 41.3 Å². The number of hydrogen-bond donors (Lipinski definition) is 1. The van der Waals surface area contributed by atoms with Gasteiger partial charge in [-0.3, -0.25) is 4.79 Å². The molecule has 2 aliphatic rings. The number of ketones is 1. The molecule has 2 aromatic rings. The number of morpholine rings is 1. The van der Waals surface area contributed by atoms with Crippen molar-refractivity contribution in [1.82, 2.24) is 4.98 Å². The third-order valence-corrected chi connectivity index (χ3v) is 8.59. The summed E-state index contributed by atoms with van der Waals surface area (Å²) in [5.74, 6) is 1.80. The molecule has 0 amide bonds. The van der Waals surface area contributed by atoms with Crippen LogP contribution >= 0.6 is 11.3 Å². The first kappa shape index (κ1) is 25.4. The number of carbonyl (C=O) groups is 1. The number of hydrogen-bond acceptors (Lipinski definition) is 7. The second kappa shape index (κ2) is 11.8. The molecule has 7 heteroatoms. The van der Waals surface area contributed by atoms with Gasteiger partial charge < -0.3 is 19.5 Å². The van der Waals surface area contributed by atoms with Crippen molar-refractivity contribution in [3.8, 4) is 5.75 Å². The van der Waals surface area contributed by atoms with Gasteiger partial charge in [0.2, 0.25) is 0 Å². The third-order valence-electron chi connectivity index (χ3n) is 7.45. The van der Waals surface area contributed by atoms with Crippen LogP contribution in [0.2, 0.25) is 0 Å². The predicted molar refractivity (Wildman–Crippen MR) is 138 cm³/mol. The van der Waals surface area contributed by atoms with E-state index in [0.29, 0.717) is 24.5 Å². The van der Waals surface area contributed by atoms with Gasteiger partial charge in [-0.1, -0.05) is 12.8 Å². The van der Waals surface area contributed by atoms with Crippen LogP contribution in [-0.2, 0) is 16.0 Å². The predicted octanol–water partition coefficient (Wildman–Crippen LogP) is 5.53. The molecule has 1 N–H and O–H groups in total. The fourth-order valence-electron chi connectivity index (χ4n) is 5.27. The SMILES string of the molecule is COc1ccc(N2CCOCC2)c2sc(CCCCC(=O)CCC3CCCC(C)(O)CC3)nc12. The zero-order chi connectivity index (χ0) is 24.0. The lowest BCUT2D eigenvalue weighted by atomic mass is 9.92. The molecule has 0 spiro atoms. The maximum absolute atomic E-state index is 12.5. The number of benzene rings is 1. The first-order chi connectivity index (χ1) is 16.4. The molecule has 188 valence electrons. The fraction of sp³-hybridized carbons (Fsp3) is 0.704. The second-order valence-corrected chi connectivity index (χ2v) is 11.3. The van der Waals surface area contributed by atoms with Crippen molar-refractivity contribution < 1.29 is 19.4 Å². The van der Waals surface area contributed by atoms with Gasteiger partial charge in [-0.2, -0.15) is 0 Å². The van der Waals surface area contributed by atoms with Crippen molar-refractivity contribution in [2.45, 2.75) is 83.2 Å². The molecule has 1 aromatic carbocycles. The van der Waals surface area contributed by atoms with Crippen LogP contribution in [0.15, 0.2) is 12.1 Å². The monoisotopic (exact) mass is 488 g/mol. The van der Waals surface area contributed by atoms with Crippen LogP contribution in [0.3, 0.4) is 0 Å². The van der Waals surface area contributed by atoms with E-state index >= 15 is 0 Å². The minimum Gasteiger partial charge on any atom is -0.494 e. The average Bonchev–Trinajstić information content (AvgIpc) is 3.18. The number of anilines is 1. The van der Waals surface area contributed by atoms with Crippen LogP contribution < -0.4 is 9.64 Å². The number of ether oxygens (including phenoxy) is 2. The summed E-state index contributed by atoms with van der Waals surface area (Å²) >= 11 is 1.76. The molecule has 0 bridgehead atoms.